The molecule has 35 heavy (non-hydrogen) atoms. The summed E-state index contributed by atoms with van der Waals surface area (Å²) in [5, 5.41) is 0. The van der Waals surface area contributed by atoms with E-state index < -0.39 is 35.5 Å². The van der Waals surface area contributed by atoms with Gasteiger partial charge in [-0.15, -0.1) is 0 Å². The number of benzene rings is 2. The van der Waals surface area contributed by atoms with Gasteiger partial charge in [-0.2, -0.15) is 0 Å². The van der Waals surface area contributed by atoms with Gasteiger partial charge in [-0.3, -0.25) is 9.59 Å². The average molecular weight is 475 g/mol. The number of carbonyl (C=O) groups is 3. The molecule has 8 nitrogen and oxygen atoms in total. The number of hydrogen-bond donors (Lipinski definition) is 0. The summed E-state index contributed by atoms with van der Waals surface area (Å²) in [6.45, 7) is 0.658. The zero-order valence-electron chi connectivity index (χ0n) is 19.4. The van der Waals surface area contributed by atoms with Crippen LogP contribution in [0, 0.1) is 11.8 Å². The Morgan fingerprint density at radius 3 is 2.69 bits per heavy atom. The van der Waals surface area contributed by atoms with Gasteiger partial charge in [0.1, 0.15) is 23.0 Å². The fourth-order valence-electron chi connectivity index (χ4n) is 5.07. The fourth-order valence-corrected chi connectivity index (χ4v) is 5.07. The lowest BCUT2D eigenvalue weighted by molar-refractivity contribution is -0.151. The highest BCUT2D eigenvalue weighted by Crippen LogP contribution is 2.52. The Bertz CT molecular complexity index is 1220. The van der Waals surface area contributed by atoms with Crippen LogP contribution in [-0.4, -0.2) is 55.2 Å². The molecule has 2 aromatic carbocycles. The highest BCUT2D eigenvalue weighted by molar-refractivity contribution is 5.91. The van der Waals surface area contributed by atoms with Crippen LogP contribution in [0.1, 0.15) is 11.1 Å². The van der Waals surface area contributed by atoms with Gasteiger partial charge in [0.25, 0.3) is 0 Å². The van der Waals surface area contributed by atoms with E-state index in [2.05, 4.69) is 0 Å². The van der Waals surface area contributed by atoms with E-state index in [1.807, 2.05) is 42.5 Å². The standard InChI is InChI=1S/C27H25NO7/c1-32-19-9-6-17(7-10-19)8-11-22(29)34-20-5-3-4-18(14-20)15-28-16-27-13-12-21(35-27)23(26(31)33-2)24(27)25(28)30/h3-14,21,23-24H,15-16H2,1-2H3/b11-8+/t21-,23+,24-,27+/m1/s1. The molecule has 3 aliphatic rings. The quantitative estimate of drug-likeness (QED) is 0.263. The lowest BCUT2D eigenvalue weighted by Gasteiger charge is -2.22. The largest absolute Gasteiger partial charge is 0.497 e. The number of esters is 2. The van der Waals surface area contributed by atoms with E-state index in [1.54, 1.807) is 36.3 Å². The molecule has 5 rings (SSSR count). The van der Waals surface area contributed by atoms with Crippen LogP contribution in [-0.2, 0) is 30.4 Å². The molecule has 8 heteroatoms. The second kappa shape index (κ2) is 9.03. The number of methoxy groups -OCH3 is 2. The van der Waals surface area contributed by atoms with Gasteiger partial charge in [0.05, 0.1) is 32.8 Å². The Morgan fingerprint density at radius 2 is 1.94 bits per heavy atom. The minimum absolute atomic E-state index is 0.142. The molecule has 2 aromatic rings. The van der Waals surface area contributed by atoms with Crippen LogP contribution >= 0.6 is 0 Å². The Balaban J connectivity index is 1.24. The van der Waals surface area contributed by atoms with Gasteiger partial charge in [-0.1, -0.05) is 36.4 Å². The summed E-state index contributed by atoms with van der Waals surface area (Å²) in [6, 6.07) is 14.3. The molecule has 0 radical (unpaired) electrons. The monoisotopic (exact) mass is 475 g/mol. The van der Waals surface area contributed by atoms with Crippen molar-refractivity contribution in [3.8, 4) is 11.5 Å². The van der Waals surface area contributed by atoms with Crippen molar-refractivity contribution in [1.82, 2.24) is 4.90 Å². The van der Waals surface area contributed by atoms with E-state index >= 15 is 0 Å². The Morgan fingerprint density at radius 1 is 1.14 bits per heavy atom. The minimum Gasteiger partial charge on any atom is -0.497 e. The first kappa shape index (κ1) is 22.9. The molecule has 2 saturated heterocycles. The lowest BCUT2D eigenvalue weighted by atomic mass is 9.77. The first-order valence-electron chi connectivity index (χ1n) is 11.3. The number of hydrogen-bond acceptors (Lipinski definition) is 7. The number of ether oxygens (including phenoxy) is 4. The van der Waals surface area contributed by atoms with Gasteiger partial charge in [0.15, 0.2) is 0 Å². The second-order valence-corrected chi connectivity index (χ2v) is 8.79. The van der Waals surface area contributed by atoms with Crippen molar-refractivity contribution in [2.24, 2.45) is 11.8 Å². The number of nitrogens with zero attached hydrogens (tertiary/aromatic N) is 1. The zero-order chi connectivity index (χ0) is 24.6. The summed E-state index contributed by atoms with van der Waals surface area (Å²) in [6.07, 6.45) is 6.33. The van der Waals surface area contributed by atoms with E-state index in [0.717, 1.165) is 16.9 Å². The molecule has 0 aromatic heterocycles. The van der Waals surface area contributed by atoms with E-state index in [9.17, 15) is 14.4 Å². The lowest BCUT2D eigenvalue weighted by Crippen LogP contribution is -2.39. The maximum Gasteiger partial charge on any atom is 0.336 e. The summed E-state index contributed by atoms with van der Waals surface area (Å²) < 4.78 is 21.5. The summed E-state index contributed by atoms with van der Waals surface area (Å²) >= 11 is 0. The highest BCUT2D eigenvalue weighted by atomic mass is 16.5. The number of likely N-dealkylation sites (tertiary alicyclic amines) is 1. The molecule has 180 valence electrons. The Labute approximate surface area is 202 Å². The van der Waals surface area contributed by atoms with Crippen molar-refractivity contribution < 1.29 is 33.3 Å². The van der Waals surface area contributed by atoms with E-state index in [-0.39, 0.29) is 5.91 Å². The molecule has 2 bridgehead atoms. The van der Waals surface area contributed by atoms with Crippen molar-refractivity contribution in [2.75, 3.05) is 20.8 Å². The van der Waals surface area contributed by atoms with Crippen LogP contribution in [0.3, 0.4) is 0 Å². The van der Waals surface area contributed by atoms with E-state index in [1.165, 1.54) is 13.2 Å². The molecule has 3 aliphatic heterocycles. The molecular formula is C27H25NO7. The van der Waals surface area contributed by atoms with Crippen LogP contribution in [0.5, 0.6) is 11.5 Å². The smallest absolute Gasteiger partial charge is 0.336 e. The molecule has 0 aliphatic carbocycles. The summed E-state index contributed by atoms with van der Waals surface area (Å²) in [5.41, 5.74) is 0.841. The Kier molecular flexibility index (Phi) is 5.90. The maximum absolute atomic E-state index is 13.2. The first-order valence-corrected chi connectivity index (χ1v) is 11.3. The third-order valence-electron chi connectivity index (χ3n) is 6.67. The number of amides is 1. The molecular weight excluding hydrogens is 450 g/mol. The molecule has 1 spiro atoms. The number of fused-ring (bicyclic) bond motifs is 1. The molecule has 2 fully saturated rings. The van der Waals surface area contributed by atoms with Crippen molar-refractivity contribution in [3.63, 3.8) is 0 Å². The second-order valence-electron chi connectivity index (χ2n) is 8.79. The SMILES string of the molecule is COC(=O)[C@H]1[C@H]2C=C[C@@]3(CN(Cc4cccc(OC(=O)/C=C/c5ccc(OC)cc5)c4)C(=O)[C@@H]13)O2. The van der Waals surface area contributed by atoms with E-state index in [4.69, 9.17) is 18.9 Å². The van der Waals surface area contributed by atoms with Crippen molar-refractivity contribution in [3.05, 3.63) is 77.9 Å². The van der Waals surface area contributed by atoms with Crippen LogP contribution in [0.2, 0.25) is 0 Å². The van der Waals surface area contributed by atoms with Crippen LogP contribution in [0.4, 0.5) is 0 Å². The number of carbonyl (C=O) groups excluding carboxylic acids is 3. The maximum atomic E-state index is 13.2. The summed E-state index contributed by atoms with van der Waals surface area (Å²) in [4.78, 5) is 39.5. The van der Waals surface area contributed by atoms with Gasteiger partial charge in [-0.05, 0) is 41.5 Å². The zero-order valence-corrected chi connectivity index (χ0v) is 19.4. The van der Waals surface area contributed by atoms with E-state index in [0.29, 0.717) is 18.8 Å². The third-order valence-corrected chi connectivity index (χ3v) is 6.67. The molecule has 4 atom stereocenters. The highest BCUT2D eigenvalue weighted by Gasteiger charge is 2.67. The predicted octanol–water partition coefficient (Wildman–Crippen LogP) is 2.77. The van der Waals surface area contributed by atoms with Gasteiger partial charge in [0.2, 0.25) is 5.91 Å². The van der Waals surface area contributed by atoms with Crippen molar-refractivity contribution in [2.45, 2.75) is 18.2 Å². The van der Waals surface area contributed by atoms with Gasteiger partial charge in [0, 0.05) is 12.6 Å². The summed E-state index contributed by atoms with van der Waals surface area (Å²) in [7, 11) is 2.91. The molecule has 0 saturated carbocycles. The van der Waals surface area contributed by atoms with Crippen LogP contribution in [0.15, 0.2) is 66.8 Å². The topological polar surface area (TPSA) is 91.4 Å². The molecule has 3 heterocycles. The molecule has 1 amide bonds. The number of rotatable bonds is 7. The van der Waals surface area contributed by atoms with Gasteiger partial charge >= 0.3 is 11.9 Å². The predicted molar refractivity (Wildman–Crippen MR) is 125 cm³/mol. The van der Waals surface area contributed by atoms with Crippen LogP contribution < -0.4 is 9.47 Å². The third kappa shape index (κ3) is 4.21. The van der Waals surface area contributed by atoms with Crippen molar-refractivity contribution >= 4 is 23.9 Å². The average Bonchev–Trinajstić information content (AvgIpc) is 3.51. The van der Waals surface area contributed by atoms with Crippen molar-refractivity contribution in [1.29, 1.82) is 0 Å². The Hall–Kier alpha value is -3.91. The molecule has 0 N–H and O–H groups in total. The normalized spacial score (nSPS) is 26.3. The summed E-state index contributed by atoms with van der Waals surface area (Å²) in [5.74, 6) is -1.20. The molecule has 0 unspecified atom stereocenters. The van der Waals surface area contributed by atoms with Crippen LogP contribution in [0.25, 0.3) is 6.08 Å². The first-order chi connectivity index (χ1) is 16.9. The van der Waals surface area contributed by atoms with Gasteiger partial charge in [-0.25, -0.2) is 4.79 Å². The minimum atomic E-state index is -0.795. The fraction of sp³-hybridized carbons (Fsp3) is 0.296. The van der Waals surface area contributed by atoms with Gasteiger partial charge < -0.3 is 23.8 Å².